The number of carbonyl (C=O) groups is 2. The summed E-state index contributed by atoms with van der Waals surface area (Å²) in [7, 11) is 0. The van der Waals surface area contributed by atoms with Crippen LogP contribution in [0.25, 0.3) is 0 Å². The lowest BCUT2D eigenvalue weighted by molar-refractivity contribution is -0.136. The largest absolute Gasteiger partial charge is 0.467 e. The van der Waals surface area contributed by atoms with Crippen molar-refractivity contribution in [2.24, 2.45) is 0 Å². The van der Waals surface area contributed by atoms with Crippen LogP contribution >= 0.6 is 11.6 Å². The smallest absolute Gasteiger partial charge is 0.313 e. The minimum atomic E-state index is -0.729. The zero-order valence-electron chi connectivity index (χ0n) is 15.6. The Labute approximate surface area is 173 Å². The Balaban J connectivity index is 1.44. The van der Waals surface area contributed by atoms with Crippen LogP contribution in [0.4, 0.5) is 11.4 Å². The molecule has 1 aliphatic rings. The SMILES string of the molecule is O=C(NC[C@@H](c1ccco1)N1CCc2ccccc21)C(=O)Nc1ccc(Cl)cc1. The van der Waals surface area contributed by atoms with E-state index in [1.165, 1.54) is 5.56 Å². The number of amides is 2. The molecule has 0 unspecified atom stereocenters. The second kappa shape index (κ2) is 8.41. The molecule has 4 rings (SSSR count). The summed E-state index contributed by atoms with van der Waals surface area (Å²) in [4.78, 5) is 26.8. The number of halogens is 1. The van der Waals surface area contributed by atoms with E-state index in [1.54, 1.807) is 30.5 Å². The fourth-order valence-corrected chi connectivity index (χ4v) is 3.65. The number of hydrogen-bond acceptors (Lipinski definition) is 4. The van der Waals surface area contributed by atoms with Gasteiger partial charge in [-0.1, -0.05) is 29.8 Å². The molecule has 6 nitrogen and oxygen atoms in total. The topological polar surface area (TPSA) is 74.6 Å². The lowest BCUT2D eigenvalue weighted by Gasteiger charge is -2.29. The van der Waals surface area contributed by atoms with Gasteiger partial charge >= 0.3 is 11.8 Å². The Morgan fingerprint density at radius 2 is 1.83 bits per heavy atom. The van der Waals surface area contributed by atoms with Crippen molar-refractivity contribution in [1.82, 2.24) is 5.32 Å². The van der Waals surface area contributed by atoms with E-state index in [2.05, 4.69) is 27.7 Å². The number of rotatable bonds is 5. The third-order valence-corrected chi connectivity index (χ3v) is 5.19. The molecule has 2 N–H and O–H groups in total. The van der Waals surface area contributed by atoms with Crippen molar-refractivity contribution in [1.29, 1.82) is 0 Å². The molecule has 0 saturated heterocycles. The highest BCUT2D eigenvalue weighted by Gasteiger charge is 2.29. The van der Waals surface area contributed by atoms with Crippen molar-refractivity contribution in [3.63, 3.8) is 0 Å². The van der Waals surface area contributed by atoms with Crippen molar-refractivity contribution in [3.05, 3.63) is 83.3 Å². The van der Waals surface area contributed by atoms with Crippen LogP contribution in [0.2, 0.25) is 5.02 Å². The van der Waals surface area contributed by atoms with Crippen molar-refractivity contribution < 1.29 is 14.0 Å². The first kappa shape index (κ1) is 19.1. The number of carbonyl (C=O) groups excluding carboxylic acids is 2. The molecular weight excluding hydrogens is 390 g/mol. The van der Waals surface area contributed by atoms with E-state index >= 15 is 0 Å². The maximum atomic E-state index is 12.4. The summed E-state index contributed by atoms with van der Waals surface area (Å²) >= 11 is 5.84. The maximum Gasteiger partial charge on any atom is 0.313 e. The summed E-state index contributed by atoms with van der Waals surface area (Å²) in [5.74, 6) is -0.698. The Hall–Kier alpha value is -3.25. The predicted octanol–water partition coefficient (Wildman–Crippen LogP) is 3.79. The Morgan fingerprint density at radius 3 is 2.59 bits per heavy atom. The van der Waals surface area contributed by atoms with Gasteiger partial charge in [0.15, 0.2) is 0 Å². The minimum Gasteiger partial charge on any atom is -0.467 e. The molecule has 0 saturated carbocycles. The zero-order valence-corrected chi connectivity index (χ0v) is 16.4. The normalized spacial score (nSPS) is 13.6. The van der Waals surface area contributed by atoms with E-state index < -0.39 is 11.8 Å². The van der Waals surface area contributed by atoms with Gasteiger partial charge in [0.05, 0.1) is 6.26 Å². The molecule has 2 amide bonds. The van der Waals surface area contributed by atoms with Crippen LogP contribution < -0.4 is 15.5 Å². The molecule has 2 heterocycles. The number of benzene rings is 2. The molecule has 3 aromatic rings. The first-order valence-electron chi connectivity index (χ1n) is 9.34. The number of para-hydroxylation sites is 1. The van der Waals surface area contributed by atoms with Gasteiger partial charge in [-0.25, -0.2) is 0 Å². The van der Waals surface area contributed by atoms with Gasteiger partial charge < -0.3 is 20.0 Å². The summed E-state index contributed by atoms with van der Waals surface area (Å²) in [6.07, 6.45) is 2.54. The highest BCUT2D eigenvalue weighted by molar-refractivity contribution is 6.39. The number of nitrogens with one attached hydrogen (secondary N) is 2. The van der Waals surface area contributed by atoms with Crippen LogP contribution in [-0.4, -0.2) is 24.9 Å². The van der Waals surface area contributed by atoms with Crippen molar-refractivity contribution in [3.8, 4) is 0 Å². The average molecular weight is 410 g/mol. The second-order valence-corrected chi connectivity index (χ2v) is 7.21. The monoisotopic (exact) mass is 409 g/mol. The standard InChI is InChI=1S/C22H20ClN3O3/c23-16-7-9-17(10-8-16)25-22(28)21(27)24-14-19(20-6-3-13-29-20)26-12-11-15-4-1-2-5-18(15)26/h1-10,13,19H,11-12,14H2,(H,24,27)(H,25,28)/t19-/m0/s1. The van der Waals surface area contributed by atoms with E-state index in [4.69, 9.17) is 16.0 Å². The number of hydrogen-bond donors (Lipinski definition) is 2. The first-order chi connectivity index (χ1) is 14.1. The predicted molar refractivity (Wildman–Crippen MR) is 112 cm³/mol. The van der Waals surface area contributed by atoms with Gasteiger partial charge in [-0.2, -0.15) is 0 Å². The van der Waals surface area contributed by atoms with E-state index in [0.29, 0.717) is 10.7 Å². The molecule has 0 bridgehead atoms. The summed E-state index contributed by atoms with van der Waals surface area (Å²) < 4.78 is 5.62. The van der Waals surface area contributed by atoms with Crippen LogP contribution in [0.1, 0.15) is 17.4 Å². The minimum absolute atomic E-state index is 0.207. The van der Waals surface area contributed by atoms with E-state index in [9.17, 15) is 9.59 Å². The van der Waals surface area contributed by atoms with Gasteiger partial charge in [0.1, 0.15) is 11.8 Å². The van der Waals surface area contributed by atoms with E-state index in [1.807, 2.05) is 24.3 Å². The zero-order chi connectivity index (χ0) is 20.2. The number of furan rings is 1. The second-order valence-electron chi connectivity index (χ2n) is 6.77. The molecule has 1 aliphatic heterocycles. The molecule has 1 aromatic heterocycles. The first-order valence-corrected chi connectivity index (χ1v) is 9.72. The van der Waals surface area contributed by atoms with Gasteiger partial charge in [0.2, 0.25) is 0 Å². The fourth-order valence-electron chi connectivity index (χ4n) is 3.52. The third-order valence-electron chi connectivity index (χ3n) is 4.94. The number of anilines is 2. The third kappa shape index (κ3) is 4.27. The molecule has 0 fully saturated rings. The lowest BCUT2D eigenvalue weighted by atomic mass is 10.1. The molecule has 7 heteroatoms. The molecule has 2 aromatic carbocycles. The highest BCUT2D eigenvalue weighted by Crippen LogP contribution is 2.34. The Morgan fingerprint density at radius 1 is 1.03 bits per heavy atom. The van der Waals surface area contributed by atoms with Gasteiger partial charge in [0, 0.05) is 29.5 Å². The van der Waals surface area contributed by atoms with Crippen molar-refractivity contribution in [2.45, 2.75) is 12.5 Å². The van der Waals surface area contributed by atoms with Gasteiger partial charge in [-0.3, -0.25) is 9.59 Å². The molecular formula is C22H20ClN3O3. The molecule has 0 radical (unpaired) electrons. The van der Waals surface area contributed by atoms with Crippen molar-refractivity contribution in [2.75, 3.05) is 23.3 Å². The molecule has 148 valence electrons. The van der Waals surface area contributed by atoms with Gasteiger partial charge in [0.25, 0.3) is 0 Å². The van der Waals surface area contributed by atoms with Crippen LogP contribution in [0.5, 0.6) is 0 Å². The highest BCUT2D eigenvalue weighted by atomic mass is 35.5. The summed E-state index contributed by atoms with van der Waals surface area (Å²) in [6, 6.07) is 18.2. The molecule has 0 spiro atoms. The Bertz CT molecular complexity index is 1000. The van der Waals surface area contributed by atoms with Crippen LogP contribution in [0, 0.1) is 0 Å². The van der Waals surface area contributed by atoms with Gasteiger partial charge in [-0.05, 0) is 54.4 Å². The van der Waals surface area contributed by atoms with Crippen LogP contribution in [-0.2, 0) is 16.0 Å². The van der Waals surface area contributed by atoms with Crippen LogP contribution in [0.15, 0.2) is 71.3 Å². The number of nitrogens with zero attached hydrogens (tertiary/aromatic N) is 1. The summed E-state index contributed by atoms with van der Waals surface area (Å²) in [6.45, 7) is 1.06. The summed E-state index contributed by atoms with van der Waals surface area (Å²) in [5.41, 5.74) is 2.88. The fraction of sp³-hybridized carbons (Fsp3) is 0.182. The molecule has 1 atom stereocenters. The lowest BCUT2D eigenvalue weighted by Crippen LogP contribution is -2.41. The maximum absolute atomic E-state index is 12.4. The quantitative estimate of drug-likeness (QED) is 0.629. The molecule has 29 heavy (non-hydrogen) atoms. The van der Waals surface area contributed by atoms with Crippen molar-refractivity contribution >= 4 is 34.8 Å². The van der Waals surface area contributed by atoms with Gasteiger partial charge in [-0.15, -0.1) is 0 Å². The molecule has 0 aliphatic carbocycles. The summed E-state index contributed by atoms with van der Waals surface area (Å²) in [5, 5.41) is 5.85. The number of fused-ring (bicyclic) bond motifs is 1. The van der Waals surface area contributed by atoms with E-state index in [0.717, 1.165) is 24.4 Å². The Kier molecular flexibility index (Phi) is 5.53. The van der Waals surface area contributed by atoms with E-state index in [-0.39, 0.29) is 12.6 Å². The average Bonchev–Trinajstić information content (AvgIpc) is 3.40. The van der Waals surface area contributed by atoms with Crippen LogP contribution in [0.3, 0.4) is 0 Å².